The summed E-state index contributed by atoms with van der Waals surface area (Å²) in [5.41, 5.74) is 3.12. The molecule has 0 heterocycles. The van der Waals surface area contributed by atoms with Crippen LogP contribution >= 0.6 is 0 Å². The van der Waals surface area contributed by atoms with Crippen LogP contribution in [0.15, 0.2) is 36.4 Å². The first-order valence-corrected chi connectivity index (χ1v) is 9.33. The number of carbonyl (C=O) groups is 2. The Balaban J connectivity index is 1.97. The number of hydrogen-bond donors (Lipinski definition) is 1. The quantitative estimate of drug-likeness (QED) is 0.636. The molecule has 0 aliphatic carbocycles. The van der Waals surface area contributed by atoms with Crippen molar-refractivity contribution in [2.45, 2.75) is 33.5 Å². The Labute approximate surface area is 173 Å². The van der Waals surface area contributed by atoms with Gasteiger partial charge in [0.2, 0.25) is 5.91 Å². The predicted molar refractivity (Wildman–Crippen MR) is 109 cm³/mol. The van der Waals surface area contributed by atoms with E-state index in [0.717, 1.165) is 5.56 Å². The van der Waals surface area contributed by atoms with E-state index in [2.05, 4.69) is 5.32 Å². The predicted octanol–water partition coefficient (Wildman–Crippen LogP) is 4.52. The van der Waals surface area contributed by atoms with E-state index < -0.39 is 12.8 Å². The summed E-state index contributed by atoms with van der Waals surface area (Å²) in [6.45, 7) is 4.04. The number of anilines is 1. The Bertz CT molecular complexity index is 903. The summed E-state index contributed by atoms with van der Waals surface area (Å²) in [4.78, 5) is 25.5. The lowest BCUT2D eigenvalue weighted by Crippen LogP contribution is -2.30. The first kappa shape index (κ1) is 23.4. The third kappa shape index (κ3) is 7.18. The molecule has 0 atom stereocenters. The molecule has 5 nitrogen and oxygen atoms in total. The van der Waals surface area contributed by atoms with E-state index in [1.54, 1.807) is 62.2 Å². The van der Waals surface area contributed by atoms with Crippen molar-refractivity contribution in [3.8, 4) is 5.75 Å². The van der Waals surface area contributed by atoms with Gasteiger partial charge in [-0.3, -0.25) is 14.5 Å². The number of amides is 1. The molecule has 162 valence electrons. The number of ether oxygens (including phenoxy) is 1. The molecule has 0 bridgehead atoms. The van der Waals surface area contributed by atoms with Gasteiger partial charge in [0.1, 0.15) is 5.75 Å². The summed E-state index contributed by atoms with van der Waals surface area (Å²) >= 11 is 0. The van der Waals surface area contributed by atoms with Gasteiger partial charge in [0.05, 0.1) is 6.54 Å². The van der Waals surface area contributed by atoms with E-state index >= 15 is 0 Å². The van der Waals surface area contributed by atoms with Crippen LogP contribution in [0.3, 0.4) is 0 Å². The Hall–Kier alpha value is -2.87. The average molecular weight is 422 g/mol. The van der Waals surface area contributed by atoms with Crippen molar-refractivity contribution in [2.75, 3.05) is 25.5 Å². The first-order valence-electron chi connectivity index (χ1n) is 9.33. The Morgan fingerprint density at radius 3 is 2.30 bits per heavy atom. The first-order chi connectivity index (χ1) is 13.9. The van der Waals surface area contributed by atoms with Crippen LogP contribution in [0.2, 0.25) is 0 Å². The highest BCUT2D eigenvalue weighted by molar-refractivity contribution is 5.97. The summed E-state index contributed by atoms with van der Waals surface area (Å²) in [6, 6.07) is 10.2. The lowest BCUT2D eigenvalue weighted by atomic mass is 10.1. The lowest BCUT2D eigenvalue weighted by Gasteiger charge is -2.19. The number of ketones is 1. The third-order valence-electron chi connectivity index (χ3n) is 4.32. The number of likely N-dealkylation sites (N-methyl/N-ethyl adjacent to an activating group) is 1. The largest absolute Gasteiger partial charge is 0.484 e. The highest BCUT2D eigenvalue weighted by atomic mass is 19.4. The second-order valence-electron chi connectivity index (χ2n) is 7.32. The number of halogens is 3. The number of rotatable bonds is 8. The minimum Gasteiger partial charge on any atom is -0.484 e. The minimum atomic E-state index is -4.39. The van der Waals surface area contributed by atoms with Crippen LogP contribution in [0.25, 0.3) is 0 Å². The second kappa shape index (κ2) is 9.75. The van der Waals surface area contributed by atoms with Crippen molar-refractivity contribution in [2.24, 2.45) is 0 Å². The van der Waals surface area contributed by atoms with Crippen molar-refractivity contribution >= 4 is 17.4 Å². The van der Waals surface area contributed by atoms with Gasteiger partial charge in [-0.2, -0.15) is 13.2 Å². The van der Waals surface area contributed by atoms with E-state index in [-0.39, 0.29) is 24.0 Å². The van der Waals surface area contributed by atoms with Gasteiger partial charge in [-0.15, -0.1) is 0 Å². The SMILES string of the molecule is CC(=O)c1cccc(NC(=O)CN(C)Cc2cc(C)c(OCC(F)(F)F)c(C)c2)c1. The van der Waals surface area contributed by atoms with Crippen molar-refractivity contribution in [3.05, 3.63) is 58.7 Å². The van der Waals surface area contributed by atoms with Gasteiger partial charge in [-0.25, -0.2) is 0 Å². The van der Waals surface area contributed by atoms with Crippen molar-refractivity contribution in [3.63, 3.8) is 0 Å². The van der Waals surface area contributed by atoms with Crippen LogP contribution in [0.4, 0.5) is 18.9 Å². The molecular weight excluding hydrogens is 397 g/mol. The summed E-state index contributed by atoms with van der Waals surface area (Å²) in [5, 5.41) is 2.76. The maximum absolute atomic E-state index is 12.4. The van der Waals surface area contributed by atoms with Crippen LogP contribution in [0.5, 0.6) is 5.75 Å². The van der Waals surface area contributed by atoms with Gasteiger partial charge < -0.3 is 10.1 Å². The fourth-order valence-corrected chi connectivity index (χ4v) is 3.14. The molecule has 0 aliphatic heterocycles. The molecule has 0 radical (unpaired) electrons. The van der Waals surface area contributed by atoms with Gasteiger partial charge in [-0.1, -0.05) is 24.3 Å². The molecule has 0 aliphatic rings. The second-order valence-corrected chi connectivity index (χ2v) is 7.32. The van der Waals surface area contributed by atoms with E-state index in [9.17, 15) is 22.8 Å². The maximum atomic E-state index is 12.4. The monoisotopic (exact) mass is 422 g/mol. The number of aryl methyl sites for hydroxylation is 2. The molecule has 1 amide bonds. The zero-order chi connectivity index (χ0) is 22.5. The highest BCUT2D eigenvalue weighted by Gasteiger charge is 2.29. The number of carbonyl (C=O) groups excluding carboxylic acids is 2. The van der Waals surface area contributed by atoms with Crippen LogP contribution < -0.4 is 10.1 Å². The normalized spacial score (nSPS) is 11.5. The highest BCUT2D eigenvalue weighted by Crippen LogP contribution is 2.27. The Morgan fingerprint density at radius 1 is 1.10 bits per heavy atom. The number of Topliss-reactive ketones (excluding diaryl/α,β-unsaturated/α-hetero) is 1. The maximum Gasteiger partial charge on any atom is 0.422 e. The van der Waals surface area contributed by atoms with E-state index in [4.69, 9.17) is 4.74 Å². The van der Waals surface area contributed by atoms with Crippen molar-refractivity contribution in [1.29, 1.82) is 0 Å². The molecule has 0 aromatic heterocycles. The van der Waals surface area contributed by atoms with E-state index in [1.165, 1.54) is 6.92 Å². The molecular formula is C22H25F3N2O3. The lowest BCUT2D eigenvalue weighted by molar-refractivity contribution is -0.153. The molecule has 30 heavy (non-hydrogen) atoms. The number of alkyl halides is 3. The summed E-state index contributed by atoms with van der Waals surface area (Å²) in [6.07, 6.45) is -4.39. The number of hydrogen-bond acceptors (Lipinski definition) is 4. The minimum absolute atomic E-state index is 0.0865. The summed E-state index contributed by atoms with van der Waals surface area (Å²) in [7, 11) is 1.77. The molecule has 2 aromatic carbocycles. The molecule has 0 fully saturated rings. The van der Waals surface area contributed by atoms with Gasteiger partial charge in [0.25, 0.3) is 0 Å². The zero-order valence-corrected chi connectivity index (χ0v) is 17.4. The molecule has 0 saturated heterocycles. The van der Waals surface area contributed by atoms with Crippen molar-refractivity contribution < 1.29 is 27.5 Å². The van der Waals surface area contributed by atoms with E-state index in [1.807, 2.05) is 0 Å². The molecule has 8 heteroatoms. The van der Waals surface area contributed by atoms with Gasteiger partial charge in [0.15, 0.2) is 12.4 Å². The standard InChI is InChI=1S/C22H25F3N2O3/c1-14-8-17(9-15(2)21(14)30-13-22(23,24)25)11-27(4)12-20(29)26-19-7-5-6-18(10-19)16(3)28/h5-10H,11-13H2,1-4H3,(H,26,29). The Morgan fingerprint density at radius 2 is 1.73 bits per heavy atom. The topological polar surface area (TPSA) is 58.6 Å². The van der Waals surface area contributed by atoms with Gasteiger partial charge in [0, 0.05) is 17.8 Å². The van der Waals surface area contributed by atoms with E-state index in [0.29, 0.717) is 28.9 Å². The number of nitrogens with one attached hydrogen (secondary N) is 1. The molecule has 2 rings (SSSR count). The van der Waals surface area contributed by atoms with Gasteiger partial charge in [-0.05, 0) is 56.6 Å². The molecule has 1 N–H and O–H groups in total. The number of benzene rings is 2. The number of nitrogens with zero attached hydrogens (tertiary/aromatic N) is 1. The smallest absolute Gasteiger partial charge is 0.422 e. The summed E-state index contributed by atoms with van der Waals surface area (Å²) < 4.78 is 42.1. The van der Waals surface area contributed by atoms with Gasteiger partial charge >= 0.3 is 6.18 Å². The van der Waals surface area contributed by atoms with Crippen LogP contribution in [-0.4, -0.2) is 43.0 Å². The Kier molecular flexibility index (Phi) is 7.61. The fourth-order valence-electron chi connectivity index (χ4n) is 3.14. The zero-order valence-electron chi connectivity index (χ0n) is 17.4. The third-order valence-corrected chi connectivity index (χ3v) is 4.32. The fraction of sp³-hybridized carbons (Fsp3) is 0.364. The van der Waals surface area contributed by atoms with Crippen LogP contribution in [-0.2, 0) is 11.3 Å². The van der Waals surface area contributed by atoms with Crippen molar-refractivity contribution in [1.82, 2.24) is 4.90 Å². The van der Waals surface area contributed by atoms with Crippen LogP contribution in [0, 0.1) is 13.8 Å². The molecule has 0 saturated carbocycles. The molecule has 0 spiro atoms. The molecule has 2 aromatic rings. The average Bonchev–Trinajstić information content (AvgIpc) is 2.59. The van der Waals surface area contributed by atoms with Crippen LogP contribution in [0.1, 0.15) is 34.0 Å². The molecule has 0 unspecified atom stereocenters. The summed E-state index contributed by atoms with van der Waals surface area (Å²) in [5.74, 6) is -0.102.